The van der Waals surface area contributed by atoms with Crippen molar-refractivity contribution in [3.8, 4) is 17.2 Å². The van der Waals surface area contributed by atoms with Gasteiger partial charge in [-0.2, -0.15) is 0 Å². The van der Waals surface area contributed by atoms with Gasteiger partial charge < -0.3 is 18.9 Å². The standard InChI is InChI=1S/C32H27IN2O7S/c1-5-41-31(38)27-18(2)34-32-35(28(27)20-11-13-21(39-3)14-12-20)29(36)26(43-32)17-19-10-15-24(25(16-19)40-4)42-30(37)22-8-6-7-9-23(22)33/h6-17,28H,5H2,1-4H3/b26-17-/t28-/m1/s1. The minimum Gasteiger partial charge on any atom is -0.497 e. The third-order valence-electron chi connectivity index (χ3n) is 6.73. The molecule has 11 heteroatoms. The molecule has 1 aliphatic heterocycles. The van der Waals surface area contributed by atoms with Crippen LogP contribution in [0.1, 0.15) is 41.4 Å². The number of hydrogen-bond donors (Lipinski definition) is 0. The number of rotatable bonds is 8. The number of aromatic nitrogens is 1. The maximum Gasteiger partial charge on any atom is 0.344 e. The van der Waals surface area contributed by atoms with Crippen LogP contribution in [-0.2, 0) is 9.53 Å². The Labute approximate surface area is 264 Å². The predicted molar refractivity (Wildman–Crippen MR) is 171 cm³/mol. The Morgan fingerprint density at radius 3 is 2.42 bits per heavy atom. The van der Waals surface area contributed by atoms with E-state index in [1.165, 1.54) is 23.0 Å². The predicted octanol–water partition coefficient (Wildman–Crippen LogP) is 4.64. The lowest BCUT2D eigenvalue weighted by Gasteiger charge is -2.24. The summed E-state index contributed by atoms with van der Waals surface area (Å²) in [7, 11) is 3.05. The largest absolute Gasteiger partial charge is 0.497 e. The molecule has 0 bridgehead atoms. The fourth-order valence-electron chi connectivity index (χ4n) is 4.68. The average Bonchev–Trinajstić information content (AvgIpc) is 3.31. The number of methoxy groups -OCH3 is 2. The van der Waals surface area contributed by atoms with Crippen LogP contribution < -0.4 is 29.1 Å². The first kappa shape index (κ1) is 30.2. The summed E-state index contributed by atoms with van der Waals surface area (Å²) in [5.41, 5.74) is 2.27. The van der Waals surface area contributed by atoms with Crippen molar-refractivity contribution >= 4 is 51.9 Å². The van der Waals surface area contributed by atoms with Crippen LogP contribution in [0.4, 0.5) is 0 Å². The number of halogens is 1. The minimum atomic E-state index is -0.736. The zero-order chi connectivity index (χ0) is 30.7. The highest BCUT2D eigenvalue weighted by atomic mass is 127. The normalized spacial score (nSPS) is 14.5. The SMILES string of the molecule is CCOC(=O)C1=C(C)N=c2s/c(=C\c3ccc(OC(=O)c4ccccc4I)c(OC)c3)c(=O)n2[C@@H]1c1ccc(OC)cc1. The van der Waals surface area contributed by atoms with Crippen molar-refractivity contribution in [2.75, 3.05) is 20.8 Å². The topological polar surface area (TPSA) is 105 Å². The van der Waals surface area contributed by atoms with Gasteiger partial charge >= 0.3 is 11.9 Å². The van der Waals surface area contributed by atoms with Gasteiger partial charge in [-0.3, -0.25) is 9.36 Å². The number of allylic oxidation sites excluding steroid dienone is 1. The van der Waals surface area contributed by atoms with E-state index in [4.69, 9.17) is 18.9 Å². The quantitative estimate of drug-likeness (QED) is 0.149. The second-order valence-corrected chi connectivity index (χ2v) is 11.5. The number of esters is 2. The molecular weight excluding hydrogens is 683 g/mol. The molecule has 220 valence electrons. The number of fused-ring (bicyclic) bond motifs is 1. The molecule has 5 rings (SSSR count). The van der Waals surface area contributed by atoms with Crippen molar-refractivity contribution in [3.05, 3.63) is 118 Å². The summed E-state index contributed by atoms with van der Waals surface area (Å²) in [5.74, 6) is 0.197. The van der Waals surface area contributed by atoms with Gasteiger partial charge in [-0.15, -0.1) is 0 Å². The number of nitrogens with zero attached hydrogens (tertiary/aromatic N) is 2. The molecule has 2 heterocycles. The maximum atomic E-state index is 13.9. The summed E-state index contributed by atoms with van der Waals surface area (Å²) < 4.78 is 24.5. The van der Waals surface area contributed by atoms with Crippen LogP contribution in [0.3, 0.4) is 0 Å². The summed E-state index contributed by atoms with van der Waals surface area (Å²) >= 11 is 3.29. The molecule has 0 unspecified atom stereocenters. The summed E-state index contributed by atoms with van der Waals surface area (Å²) in [6, 6.07) is 18.6. The molecule has 0 amide bonds. The van der Waals surface area contributed by atoms with Crippen LogP contribution in [0, 0.1) is 3.57 Å². The Balaban J connectivity index is 1.56. The smallest absolute Gasteiger partial charge is 0.344 e. The highest BCUT2D eigenvalue weighted by molar-refractivity contribution is 14.1. The second kappa shape index (κ2) is 13.0. The molecule has 1 aromatic heterocycles. The first-order chi connectivity index (χ1) is 20.7. The first-order valence-electron chi connectivity index (χ1n) is 13.2. The number of benzene rings is 3. The fourth-order valence-corrected chi connectivity index (χ4v) is 6.34. The van der Waals surface area contributed by atoms with Crippen LogP contribution >= 0.6 is 33.9 Å². The monoisotopic (exact) mass is 710 g/mol. The van der Waals surface area contributed by atoms with Gasteiger partial charge in [-0.1, -0.05) is 41.7 Å². The van der Waals surface area contributed by atoms with Gasteiger partial charge in [0.05, 0.1) is 48.2 Å². The van der Waals surface area contributed by atoms with Crippen LogP contribution in [0.25, 0.3) is 6.08 Å². The van der Waals surface area contributed by atoms with Crippen molar-refractivity contribution in [2.45, 2.75) is 19.9 Å². The lowest BCUT2D eigenvalue weighted by Crippen LogP contribution is -2.39. The van der Waals surface area contributed by atoms with E-state index < -0.39 is 18.0 Å². The third kappa shape index (κ3) is 6.13. The molecule has 3 aromatic carbocycles. The van der Waals surface area contributed by atoms with E-state index in [-0.39, 0.29) is 17.9 Å². The summed E-state index contributed by atoms with van der Waals surface area (Å²) in [5, 5.41) is 0. The minimum absolute atomic E-state index is 0.188. The Kier molecular flexibility index (Phi) is 9.11. The zero-order valence-corrected chi connectivity index (χ0v) is 26.7. The van der Waals surface area contributed by atoms with E-state index >= 15 is 0 Å². The third-order valence-corrected chi connectivity index (χ3v) is 8.65. The van der Waals surface area contributed by atoms with Gasteiger partial charge in [0, 0.05) is 3.57 Å². The molecule has 1 atom stereocenters. The van der Waals surface area contributed by atoms with Crippen LogP contribution in [0.5, 0.6) is 17.2 Å². The molecule has 0 saturated heterocycles. The molecule has 1 aliphatic rings. The molecule has 0 fully saturated rings. The number of ether oxygens (including phenoxy) is 4. The number of carbonyl (C=O) groups is 2. The number of carbonyl (C=O) groups excluding carboxylic acids is 2. The van der Waals surface area contributed by atoms with Gasteiger partial charge in [-0.25, -0.2) is 14.6 Å². The summed E-state index contributed by atoms with van der Waals surface area (Å²) in [4.78, 5) is 44.8. The molecule has 0 spiro atoms. The van der Waals surface area contributed by atoms with E-state index in [0.717, 1.165) is 3.57 Å². The Morgan fingerprint density at radius 1 is 1.00 bits per heavy atom. The van der Waals surface area contributed by atoms with Gasteiger partial charge in [0.1, 0.15) is 5.75 Å². The average molecular weight is 711 g/mol. The molecule has 0 saturated carbocycles. The van der Waals surface area contributed by atoms with E-state index in [1.54, 1.807) is 69.5 Å². The Morgan fingerprint density at radius 2 is 1.74 bits per heavy atom. The van der Waals surface area contributed by atoms with Gasteiger partial charge in [0.25, 0.3) is 5.56 Å². The maximum absolute atomic E-state index is 13.9. The van der Waals surface area contributed by atoms with Gasteiger partial charge in [-0.05, 0) is 90.0 Å². The first-order valence-corrected chi connectivity index (χ1v) is 15.1. The lowest BCUT2D eigenvalue weighted by atomic mass is 9.96. The fraction of sp³-hybridized carbons (Fsp3) is 0.188. The van der Waals surface area contributed by atoms with Crippen LogP contribution in [0.2, 0.25) is 0 Å². The van der Waals surface area contributed by atoms with Gasteiger partial charge in [0.15, 0.2) is 16.3 Å². The zero-order valence-electron chi connectivity index (χ0n) is 23.8. The van der Waals surface area contributed by atoms with E-state index in [0.29, 0.717) is 48.8 Å². The Hall–Kier alpha value is -4.23. The molecule has 9 nitrogen and oxygen atoms in total. The molecule has 43 heavy (non-hydrogen) atoms. The van der Waals surface area contributed by atoms with Crippen LogP contribution in [0.15, 0.2) is 87.8 Å². The molecule has 4 aromatic rings. The van der Waals surface area contributed by atoms with Crippen molar-refractivity contribution in [1.82, 2.24) is 4.57 Å². The van der Waals surface area contributed by atoms with Crippen LogP contribution in [-0.4, -0.2) is 37.3 Å². The highest BCUT2D eigenvalue weighted by Crippen LogP contribution is 2.32. The van der Waals surface area contributed by atoms with Crippen molar-refractivity contribution in [3.63, 3.8) is 0 Å². The number of hydrogen-bond acceptors (Lipinski definition) is 9. The highest BCUT2D eigenvalue weighted by Gasteiger charge is 2.33. The van der Waals surface area contributed by atoms with Crippen molar-refractivity contribution < 1.29 is 28.5 Å². The second-order valence-electron chi connectivity index (χ2n) is 9.36. The van der Waals surface area contributed by atoms with Gasteiger partial charge in [0.2, 0.25) is 0 Å². The molecule has 0 aliphatic carbocycles. The van der Waals surface area contributed by atoms with E-state index in [2.05, 4.69) is 27.6 Å². The van der Waals surface area contributed by atoms with Crippen molar-refractivity contribution in [2.24, 2.45) is 4.99 Å². The van der Waals surface area contributed by atoms with Crippen molar-refractivity contribution in [1.29, 1.82) is 0 Å². The summed E-state index contributed by atoms with van der Waals surface area (Å²) in [6.45, 7) is 3.66. The lowest BCUT2D eigenvalue weighted by molar-refractivity contribution is -0.139. The van der Waals surface area contributed by atoms with E-state index in [1.807, 2.05) is 24.3 Å². The molecule has 0 N–H and O–H groups in total. The summed E-state index contributed by atoms with van der Waals surface area (Å²) in [6.07, 6.45) is 1.71. The molecule has 0 radical (unpaired) electrons. The Bertz CT molecular complexity index is 1930. The van der Waals surface area contributed by atoms with E-state index in [9.17, 15) is 14.4 Å². The number of thiazole rings is 1. The molecular formula is C32H27IN2O7S.